The molecule has 0 amide bonds. The molecule has 1 aromatic carbocycles. The van der Waals surface area contributed by atoms with E-state index in [0.29, 0.717) is 6.04 Å². The molecule has 2 N–H and O–H groups in total. The van der Waals surface area contributed by atoms with Gasteiger partial charge in [-0.2, -0.15) is 5.10 Å². The molecule has 0 aliphatic heterocycles. The minimum absolute atomic E-state index is 0.523. The third-order valence-corrected chi connectivity index (χ3v) is 4.60. The summed E-state index contributed by atoms with van der Waals surface area (Å²) in [4.78, 5) is 0. The second-order valence-corrected chi connectivity index (χ2v) is 6.38. The van der Waals surface area contributed by atoms with Crippen LogP contribution in [0.5, 0.6) is 0 Å². The van der Waals surface area contributed by atoms with E-state index in [2.05, 4.69) is 36.7 Å². The van der Waals surface area contributed by atoms with Gasteiger partial charge in [0.15, 0.2) is 0 Å². The Hall–Kier alpha value is -1.77. The normalized spacial score (nSPS) is 16.9. The van der Waals surface area contributed by atoms with E-state index in [1.807, 2.05) is 6.20 Å². The summed E-state index contributed by atoms with van der Waals surface area (Å²) in [5.74, 6) is 0. The summed E-state index contributed by atoms with van der Waals surface area (Å²) in [6, 6.07) is 6.99. The van der Waals surface area contributed by atoms with Crippen molar-refractivity contribution in [2.45, 2.75) is 58.4 Å². The predicted octanol–water partition coefficient (Wildman–Crippen LogP) is 4.64. The predicted molar refractivity (Wildman–Crippen MR) is 88.3 cm³/mol. The fourth-order valence-electron chi connectivity index (χ4n) is 3.40. The van der Waals surface area contributed by atoms with E-state index in [4.69, 9.17) is 10.8 Å². The fourth-order valence-corrected chi connectivity index (χ4v) is 3.40. The number of nitrogen functional groups attached to an aromatic ring is 1. The summed E-state index contributed by atoms with van der Waals surface area (Å²) in [6.45, 7) is 4.25. The van der Waals surface area contributed by atoms with E-state index >= 15 is 0 Å². The Morgan fingerprint density at radius 2 is 1.81 bits per heavy atom. The second-order valence-electron chi connectivity index (χ2n) is 6.38. The molecule has 1 heterocycles. The maximum Gasteiger partial charge on any atom is 0.115 e. The molecule has 3 nitrogen and oxygen atoms in total. The highest BCUT2D eigenvalue weighted by Crippen LogP contribution is 2.32. The number of rotatable bonds is 2. The first-order valence-corrected chi connectivity index (χ1v) is 8.07. The van der Waals surface area contributed by atoms with E-state index in [0.717, 1.165) is 16.9 Å². The topological polar surface area (TPSA) is 43.8 Å². The molecule has 0 radical (unpaired) electrons. The Kier molecular flexibility index (Phi) is 4.00. The molecule has 3 heteroatoms. The van der Waals surface area contributed by atoms with E-state index < -0.39 is 0 Å². The van der Waals surface area contributed by atoms with Gasteiger partial charge in [-0.1, -0.05) is 49.4 Å². The van der Waals surface area contributed by atoms with Gasteiger partial charge in [0.05, 0.1) is 11.7 Å². The Morgan fingerprint density at radius 3 is 2.48 bits per heavy atom. The van der Waals surface area contributed by atoms with Crippen LogP contribution in [0.2, 0.25) is 0 Å². The second kappa shape index (κ2) is 5.92. The van der Waals surface area contributed by atoms with Crippen molar-refractivity contribution in [2.75, 3.05) is 5.73 Å². The maximum absolute atomic E-state index is 6.24. The van der Waals surface area contributed by atoms with E-state index in [1.165, 1.54) is 49.7 Å². The summed E-state index contributed by atoms with van der Waals surface area (Å²) in [5, 5.41) is 4.83. The molecule has 3 rings (SSSR count). The van der Waals surface area contributed by atoms with E-state index in [1.54, 1.807) is 0 Å². The number of nitrogens with two attached hydrogens (primary N) is 1. The molecule has 0 atom stereocenters. The number of hydrogen-bond donors (Lipinski definition) is 1. The van der Waals surface area contributed by atoms with Crippen LogP contribution in [-0.2, 0) is 0 Å². The van der Waals surface area contributed by atoms with Crippen molar-refractivity contribution >= 4 is 5.69 Å². The van der Waals surface area contributed by atoms with Gasteiger partial charge in [0, 0.05) is 11.8 Å². The van der Waals surface area contributed by atoms with Gasteiger partial charge < -0.3 is 5.73 Å². The Morgan fingerprint density at radius 1 is 1.10 bits per heavy atom. The van der Waals surface area contributed by atoms with Gasteiger partial charge in [-0.3, -0.25) is 4.68 Å². The van der Waals surface area contributed by atoms with Crippen LogP contribution < -0.4 is 5.73 Å². The number of hydrogen-bond acceptors (Lipinski definition) is 2. The van der Waals surface area contributed by atoms with Crippen LogP contribution in [0, 0.1) is 13.8 Å². The zero-order valence-corrected chi connectivity index (χ0v) is 13.1. The standard InChI is InChI=1S/C18H25N3/c1-13-9-10-16(14(2)11-13)18-17(19)12-21(20-18)15-7-5-3-4-6-8-15/h9-12,15H,3-8,19H2,1-2H3. The van der Waals surface area contributed by atoms with Crippen molar-refractivity contribution in [2.24, 2.45) is 0 Å². The highest BCUT2D eigenvalue weighted by molar-refractivity contribution is 5.74. The summed E-state index contributed by atoms with van der Waals surface area (Å²) in [5.41, 5.74) is 11.7. The molecule has 2 aromatic rings. The van der Waals surface area contributed by atoms with Crippen molar-refractivity contribution < 1.29 is 0 Å². The molecule has 0 saturated heterocycles. The molecule has 1 aliphatic carbocycles. The summed E-state index contributed by atoms with van der Waals surface area (Å²) in [6.07, 6.45) is 9.83. The largest absolute Gasteiger partial charge is 0.396 e. The van der Waals surface area contributed by atoms with Crippen molar-refractivity contribution in [3.63, 3.8) is 0 Å². The molecule has 0 spiro atoms. The first-order chi connectivity index (χ1) is 10.1. The molecule has 0 unspecified atom stereocenters. The Balaban J connectivity index is 1.93. The van der Waals surface area contributed by atoms with Crippen LogP contribution >= 0.6 is 0 Å². The number of aromatic nitrogens is 2. The van der Waals surface area contributed by atoms with Crippen LogP contribution in [0.4, 0.5) is 5.69 Å². The summed E-state index contributed by atoms with van der Waals surface area (Å²) >= 11 is 0. The molecule has 112 valence electrons. The third kappa shape index (κ3) is 2.97. The number of aryl methyl sites for hydroxylation is 2. The molecule has 1 aliphatic rings. The lowest BCUT2D eigenvalue weighted by Crippen LogP contribution is -2.08. The first kappa shape index (κ1) is 14.2. The van der Waals surface area contributed by atoms with Crippen molar-refractivity contribution in [1.29, 1.82) is 0 Å². The summed E-state index contributed by atoms with van der Waals surface area (Å²) < 4.78 is 2.12. The molecule has 21 heavy (non-hydrogen) atoms. The van der Waals surface area contributed by atoms with Crippen molar-refractivity contribution in [3.05, 3.63) is 35.5 Å². The van der Waals surface area contributed by atoms with Gasteiger partial charge in [0.25, 0.3) is 0 Å². The van der Waals surface area contributed by atoms with Crippen molar-refractivity contribution in [3.8, 4) is 11.3 Å². The van der Waals surface area contributed by atoms with Crippen LogP contribution in [0.3, 0.4) is 0 Å². The van der Waals surface area contributed by atoms with Gasteiger partial charge in [-0.15, -0.1) is 0 Å². The van der Waals surface area contributed by atoms with E-state index in [9.17, 15) is 0 Å². The lowest BCUT2D eigenvalue weighted by molar-refractivity contribution is 0.406. The minimum Gasteiger partial charge on any atom is -0.396 e. The number of nitrogens with zero attached hydrogens (tertiary/aromatic N) is 2. The van der Waals surface area contributed by atoms with Gasteiger partial charge in [-0.25, -0.2) is 0 Å². The minimum atomic E-state index is 0.523. The average molecular weight is 283 g/mol. The average Bonchev–Trinajstić information content (AvgIpc) is 2.67. The lowest BCUT2D eigenvalue weighted by Gasteiger charge is -2.14. The van der Waals surface area contributed by atoms with E-state index in [-0.39, 0.29) is 0 Å². The zero-order chi connectivity index (χ0) is 14.8. The van der Waals surface area contributed by atoms with Gasteiger partial charge in [-0.05, 0) is 32.3 Å². The van der Waals surface area contributed by atoms with Crippen molar-refractivity contribution in [1.82, 2.24) is 9.78 Å². The highest BCUT2D eigenvalue weighted by Gasteiger charge is 2.18. The fraction of sp³-hybridized carbons (Fsp3) is 0.500. The Bertz CT molecular complexity index is 619. The van der Waals surface area contributed by atoms with Gasteiger partial charge >= 0.3 is 0 Å². The van der Waals surface area contributed by atoms with Gasteiger partial charge in [0.2, 0.25) is 0 Å². The number of benzene rings is 1. The first-order valence-electron chi connectivity index (χ1n) is 8.07. The zero-order valence-electron chi connectivity index (χ0n) is 13.1. The van der Waals surface area contributed by atoms with Crippen LogP contribution in [0.1, 0.15) is 55.7 Å². The van der Waals surface area contributed by atoms with Gasteiger partial charge in [0.1, 0.15) is 5.69 Å². The maximum atomic E-state index is 6.24. The highest BCUT2D eigenvalue weighted by atomic mass is 15.3. The quantitative estimate of drug-likeness (QED) is 0.816. The third-order valence-electron chi connectivity index (χ3n) is 4.60. The molecule has 0 bridgehead atoms. The summed E-state index contributed by atoms with van der Waals surface area (Å²) in [7, 11) is 0. The molecular weight excluding hydrogens is 258 g/mol. The molecule has 1 fully saturated rings. The van der Waals surface area contributed by atoms with Crippen LogP contribution in [0.25, 0.3) is 11.3 Å². The molecule has 1 aromatic heterocycles. The van der Waals surface area contributed by atoms with Crippen LogP contribution in [0.15, 0.2) is 24.4 Å². The molecule has 1 saturated carbocycles. The number of anilines is 1. The Labute approximate surface area is 127 Å². The lowest BCUT2D eigenvalue weighted by atomic mass is 10.0. The molecular formula is C18H25N3. The van der Waals surface area contributed by atoms with Crippen LogP contribution in [-0.4, -0.2) is 9.78 Å². The smallest absolute Gasteiger partial charge is 0.115 e. The monoisotopic (exact) mass is 283 g/mol. The SMILES string of the molecule is Cc1ccc(-c2nn(C3CCCCCC3)cc2N)c(C)c1.